The number of amides is 1. The molecule has 0 radical (unpaired) electrons. The highest BCUT2D eigenvalue weighted by Gasteiger charge is 2.21. The minimum atomic E-state index is -0.859. The topological polar surface area (TPSA) is 75.6 Å². The van der Waals surface area contributed by atoms with Gasteiger partial charge < -0.3 is 15.2 Å². The fourth-order valence-corrected chi connectivity index (χ4v) is 3.83. The van der Waals surface area contributed by atoms with E-state index in [1.165, 1.54) is 5.56 Å². The van der Waals surface area contributed by atoms with E-state index in [4.69, 9.17) is 9.84 Å². The number of anilines is 1. The minimum absolute atomic E-state index is 0.0369. The second kappa shape index (κ2) is 10.5. The molecule has 2 aliphatic carbocycles. The van der Waals surface area contributed by atoms with Gasteiger partial charge in [-0.05, 0) is 53.3 Å². The number of carboxylic acid groups (broad SMARTS) is 1. The molecule has 5 heteroatoms. The number of ether oxygens (including phenoxy) is 1. The summed E-state index contributed by atoms with van der Waals surface area (Å²) in [5.74, 6) is -0.558. The molecule has 166 valence electrons. The van der Waals surface area contributed by atoms with Gasteiger partial charge in [-0.1, -0.05) is 72.8 Å². The van der Waals surface area contributed by atoms with Crippen molar-refractivity contribution in [1.82, 2.24) is 0 Å². The maximum Gasteiger partial charge on any atom is 0.303 e. The van der Waals surface area contributed by atoms with Crippen LogP contribution >= 0.6 is 0 Å². The molecule has 2 N–H and O–H groups in total. The Labute approximate surface area is 193 Å². The van der Waals surface area contributed by atoms with Crippen LogP contribution in [0.15, 0.2) is 91.0 Å². The molecule has 2 aliphatic rings. The summed E-state index contributed by atoms with van der Waals surface area (Å²) in [6.45, 7) is 0.259. The van der Waals surface area contributed by atoms with Gasteiger partial charge in [-0.25, -0.2) is 0 Å². The van der Waals surface area contributed by atoms with Crippen LogP contribution in [-0.4, -0.2) is 23.6 Å². The van der Waals surface area contributed by atoms with Crippen LogP contribution in [0.3, 0.4) is 0 Å². The van der Waals surface area contributed by atoms with Crippen molar-refractivity contribution in [2.75, 3.05) is 11.9 Å². The van der Waals surface area contributed by atoms with E-state index >= 15 is 0 Å². The number of aliphatic carboxylic acids is 1. The first kappa shape index (κ1) is 22.1. The lowest BCUT2D eigenvalue weighted by atomic mass is 10.0. The number of hydrogen-bond donors (Lipinski definition) is 2. The minimum Gasteiger partial charge on any atom is -0.491 e. The molecule has 0 saturated heterocycles. The number of carbonyl (C=O) groups excluding carboxylic acids is 1. The van der Waals surface area contributed by atoms with Gasteiger partial charge in [0.05, 0.1) is 12.3 Å². The number of carbonyl (C=O) groups is 2. The molecule has 0 aliphatic heterocycles. The molecule has 1 amide bonds. The maximum absolute atomic E-state index is 13.3. The number of fused-ring (bicyclic) bond motifs is 1. The van der Waals surface area contributed by atoms with Crippen molar-refractivity contribution in [2.45, 2.75) is 19.3 Å². The number of rotatable bonds is 9. The van der Waals surface area contributed by atoms with E-state index in [1.54, 1.807) is 12.1 Å². The summed E-state index contributed by atoms with van der Waals surface area (Å²) in [7, 11) is 0. The number of nitrogens with one attached hydrogen (secondary N) is 1. The van der Waals surface area contributed by atoms with Gasteiger partial charge in [-0.2, -0.15) is 0 Å². The van der Waals surface area contributed by atoms with Crippen molar-refractivity contribution in [1.29, 1.82) is 0 Å². The molecule has 2 aromatic rings. The van der Waals surface area contributed by atoms with Crippen LogP contribution in [0.2, 0.25) is 0 Å². The molecule has 0 unspecified atom stereocenters. The van der Waals surface area contributed by atoms with Gasteiger partial charge in [-0.3, -0.25) is 9.59 Å². The first-order valence-corrected chi connectivity index (χ1v) is 10.9. The summed E-state index contributed by atoms with van der Waals surface area (Å²) >= 11 is 0. The highest BCUT2D eigenvalue weighted by Crippen LogP contribution is 2.34. The van der Waals surface area contributed by atoms with Crippen LogP contribution in [0, 0.1) is 0 Å². The Hall–Kier alpha value is -4.12. The van der Waals surface area contributed by atoms with E-state index in [1.807, 2.05) is 66.7 Å². The van der Waals surface area contributed by atoms with Gasteiger partial charge in [-0.15, -0.1) is 0 Å². The lowest BCUT2D eigenvalue weighted by Crippen LogP contribution is -2.13. The molecule has 0 atom stereocenters. The first-order chi connectivity index (χ1) is 16.1. The van der Waals surface area contributed by atoms with Gasteiger partial charge in [0, 0.05) is 12.0 Å². The van der Waals surface area contributed by atoms with Crippen LogP contribution in [0.25, 0.3) is 11.1 Å². The second-order valence-electron chi connectivity index (χ2n) is 7.78. The Morgan fingerprint density at radius 1 is 0.818 bits per heavy atom. The third-order valence-electron chi connectivity index (χ3n) is 5.40. The van der Waals surface area contributed by atoms with Crippen molar-refractivity contribution < 1.29 is 19.4 Å². The van der Waals surface area contributed by atoms with Crippen molar-refractivity contribution in [3.8, 4) is 16.9 Å². The summed E-state index contributed by atoms with van der Waals surface area (Å²) < 4.78 is 5.73. The zero-order chi connectivity index (χ0) is 23.0. The fraction of sp³-hybridized carbons (Fsp3) is 0.143. The Kier molecular flexibility index (Phi) is 7.00. The normalized spacial score (nSPS) is 10.7. The quantitative estimate of drug-likeness (QED) is 0.320. The average molecular weight is 440 g/mol. The van der Waals surface area contributed by atoms with E-state index in [-0.39, 0.29) is 18.9 Å². The van der Waals surface area contributed by atoms with Crippen molar-refractivity contribution in [2.24, 2.45) is 0 Å². The Bertz CT molecular complexity index is 1220. The summed E-state index contributed by atoms with van der Waals surface area (Å²) in [6.07, 6.45) is 1.16. The number of benzene rings is 2. The van der Waals surface area contributed by atoms with Crippen molar-refractivity contribution >= 4 is 17.6 Å². The highest BCUT2D eigenvalue weighted by atomic mass is 16.5. The lowest BCUT2D eigenvalue weighted by molar-refractivity contribution is -0.137. The zero-order valence-electron chi connectivity index (χ0n) is 18.2. The van der Waals surface area contributed by atoms with E-state index in [0.29, 0.717) is 23.4 Å². The Balaban J connectivity index is 1.57. The molecule has 4 rings (SSSR count). The number of hydrogen-bond acceptors (Lipinski definition) is 3. The Morgan fingerprint density at radius 2 is 1.48 bits per heavy atom. The molecule has 0 bridgehead atoms. The van der Waals surface area contributed by atoms with Gasteiger partial charge in [0.2, 0.25) is 0 Å². The fourth-order valence-electron chi connectivity index (χ4n) is 3.83. The monoisotopic (exact) mass is 439 g/mol. The molecule has 5 nitrogen and oxygen atoms in total. The van der Waals surface area contributed by atoms with Crippen molar-refractivity contribution in [3.05, 3.63) is 108 Å². The van der Waals surface area contributed by atoms with Gasteiger partial charge >= 0.3 is 5.97 Å². The summed E-state index contributed by atoms with van der Waals surface area (Å²) in [6, 6.07) is 29.2. The third-order valence-corrected chi connectivity index (χ3v) is 5.40. The van der Waals surface area contributed by atoms with Gasteiger partial charge in [0.1, 0.15) is 5.75 Å². The van der Waals surface area contributed by atoms with Crippen LogP contribution in [0.1, 0.15) is 34.3 Å². The van der Waals surface area contributed by atoms with E-state index in [0.717, 1.165) is 23.1 Å². The zero-order valence-corrected chi connectivity index (χ0v) is 18.2. The maximum atomic E-state index is 13.3. The van der Waals surface area contributed by atoms with Gasteiger partial charge in [0.15, 0.2) is 0 Å². The first-order valence-electron chi connectivity index (χ1n) is 10.9. The molecule has 33 heavy (non-hydrogen) atoms. The third kappa shape index (κ3) is 5.57. The lowest BCUT2D eigenvalue weighted by Gasteiger charge is -2.12. The molecule has 0 spiro atoms. The summed E-state index contributed by atoms with van der Waals surface area (Å²) in [5, 5.41) is 11.8. The van der Waals surface area contributed by atoms with Crippen molar-refractivity contribution in [3.63, 3.8) is 0 Å². The number of carboxylic acids is 1. The van der Waals surface area contributed by atoms with E-state index < -0.39 is 5.97 Å². The smallest absolute Gasteiger partial charge is 0.303 e. The summed E-state index contributed by atoms with van der Waals surface area (Å²) in [5.41, 5.74) is 5.37. The highest BCUT2D eigenvalue weighted by molar-refractivity contribution is 6.10. The molecular weight excluding hydrogens is 414 g/mol. The molecule has 2 aromatic carbocycles. The second-order valence-corrected chi connectivity index (χ2v) is 7.78. The molecule has 0 fully saturated rings. The molecule has 0 aromatic heterocycles. The standard InChI is InChI=1S/C28H25NO4/c30-27(31)16-9-17-33-26-15-8-7-14-25(26)29-28(32)24-19-21(18-20-10-3-1-4-11-20)22-12-5-2-6-13-23(22)24/h1-8,10-15,19H,9,16-18H2,(H,29,32)(H,30,31). The van der Waals surface area contributed by atoms with Gasteiger partial charge in [0.25, 0.3) is 5.91 Å². The molecule has 0 heterocycles. The van der Waals surface area contributed by atoms with Crippen LogP contribution in [-0.2, 0) is 11.2 Å². The Morgan fingerprint density at radius 3 is 2.24 bits per heavy atom. The largest absolute Gasteiger partial charge is 0.491 e. The van der Waals surface area contributed by atoms with Crippen LogP contribution in [0.4, 0.5) is 5.69 Å². The van der Waals surface area contributed by atoms with Crippen LogP contribution < -0.4 is 10.1 Å². The summed E-state index contributed by atoms with van der Waals surface area (Å²) in [4.78, 5) is 24.0. The average Bonchev–Trinajstić information content (AvgIpc) is 2.98. The molecule has 0 saturated carbocycles. The van der Waals surface area contributed by atoms with E-state index in [2.05, 4.69) is 17.4 Å². The molecular formula is C28H25NO4. The predicted octanol–water partition coefficient (Wildman–Crippen LogP) is 5.88. The SMILES string of the molecule is O=C(O)CCCOc1ccccc1NC(=O)c1cc(Cc2ccccc2)c2cccccc1-2. The predicted molar refractivity (Wildman–Crippen MR) is 129 cm³/mol. The van der Waals surface area contributed by atoms with E-state index in [9.17, 15) is 9.59 Å². The number of para-hydroxylation sites is 2. The van der Waals surface area contributed by atoms with Crippen LogP contribution in [0.5, 0.6) is 5.75 Å².